The minimum atomic E-state index is 0.740. The average molecular weight is 275 g/mol. The van der Waals surface area contributed by atoms with E-state index in [0.717, 1.165) is 22.7 Å². The number of aromatic nitrogens is 2. The van der Waals surface area contributed by atoms with Gasteiger partial charge in [-0.05, 0) is 36.4 Å². The van der Waals surface area contributed by atoms with Gasteiger partial charge in [0.25, 0.3) is 0 Å². The van der Waals surface area contributed by atoms with Gasteiger partial charge in [0.2, 0.25) is 0 Å². The molecule has 1 aromatic carbocycles. The van der Waals surface area contributed by atoms with E-state index in [2.05, 4.69) is 15.0 Å². The van der Waals surface area contributed by atoms with Crippen molar-refractivity contribution in [3.63, 3.8) is 0 Å². The number of nitrogens with zero attached hydrogens (tertiary/aromatic N) is 3. The predicted molar refractivity (Wildman–Crippen MR) is 82.7 cm³/mol. The van der Waals surface area contributed by atoms with E-state index in [9.17, 15) is 0 Å². The van der Waals surface area contributed by atoms with E-state index in [1.54, 1.807) is 18.6 Å². The van der Waals surface area contributed by atoms with Gasteiger partial charge < -0.3 is 4.74 Å². The lowest BCUT2D eigenvalue weighted by molar-refractivity contribution is 0.574. The number of aliphatic imine (C=N–C) groups is 1. The van der Waals surface area contributed by atoms with E-state index in [1.807, 2.05) is 54.6 Å². The fourth-order valence-corrected chi connectivity index (χ4v) is 1.80. The second kappa shape index (κ2) is 6.43. The van der Waals surface area contributed by atoms with Crippen LogP contribution in [-0.2, 0) is 0 Å². The Balaban J connectivity index is 1.67. The molecule has 21 heavy (non-hydrogen) atoms. The second-order valence-corrected chi connectivity index (χ2v) is 4.30. The summed E-state index contributed by atoms with van der Waals surface area (Å²) in [5.74, 6) is 0.752. The van der Waals surface area contributed by atoms with Crippen LogP contribution in [0.2, 0.25) is 0 Å². The molecule has 2 heterocycles. The van der Waals surface area contributed by atoms with Crippen LogP contribution in [-0.4, -0.2) is 16.4 Å². The largest absolute Gasteiger partial charge is 0.446 e. The molecule has 0 spiro atoms. The van der Waals surface area contributed by atoms with Crippen LogP contribution in [0.3, 0.4) is 0 Å². The summed E-state index contributed by atoms with van der Waals surface area (Å²) in [6.07, 6.45) is 6.62. The molecule has 0 bridgehead atoms. The summed E-state index contributed by atoms with van der Waals surface area (Å²) in [5.41, 5.74) is 2.66. The van der Waals surface area contributed by atoms with Crippen LogP contribution in [0.25, 0.3) is 11.3 Å². The van der Waals surface area contributed by atoms with Gasteiger partial charge in [-0.25, -0.2) is 4.99 Å². The Bertz CT molecular complexity index is 710. The molecule has 0 N–H and O–H groups in total. The zero-order valence-corrected chi connectivity index (χ0v) is 11.3. The van der Waals surface area contributed by atoms with E-state index in [4.69, 9.17) is 4.74 Å². The Morgan fingerprint density at radius 3 is 2.43 bits per heavy atom. The molecule has 0 saturated carbocycles. The molecule has 0 aliphatic carbocycles. The number of benzene rings is 1. The molecule has 0 atom stereocenters. The molecule has 4 heteroatoms. The van der Waals surface area contributed by atoms with E-state index in [1.165, 1.54) is 6.40 Å². The van der Waals surface area contributed by atoms with Crippen molar-refractivity contribution in [3.8, 4) is 17.0 Å². The zero-order chi connectivity index (χ0) is 14.3. The summed E-state index contributed by atoms with van der Waals surface area (Å²) >= 11 is 0. The summed E-state index contributed by atoms with van der Waals surface area (Å²) in [7, 11) is 0. The number of hydrogen-bond donors (Lipinski definition) is 0. The maximum absolute atomic E-state index is 5.40. The second-order valence-electron chi connectivity index (χ2n) is 4.30. The van der Waals surface area contributed by atoms with Crippen LogP contribution in [0.15, 0.2) is 78.2 Å². The quantitative estimate of drug-likeness (QED) is 0.536. The third-order valence-electron chi connectivity index (χ3n) is 2.86. The first-order valence-corrected chi connectivity index (χ1v) is 6.52. The lowest BCUT2D eigenvalue weighted by atomic mass is 10.2. The fourth-order valence-electron chi connectivity index (χ4n) is 1.80. The smallest absolute Gasteiger partial charge is 0.181 e. The standard InChI is InChI=1S/C17H13N3O/c1-2-4-16(5-3-1)21-13-20-15-6-7-17(19-12-15)14-8-10-18-11-9-14/h1-13H. The SMILES string of the molecule is C(=Nc1ccc(-c2ccncc2)nc1)Oc1ccccc1. The monoisotopic (exact) mass is 275 g/mol. The van der Waals surface area contributed by atoms with Crippen molar-refractivity contribution < 1.29 is 4.74 Å². The van der Waals surface area contributed by atoms with Crippen molar-refractivity contribution in [2.24, 2.45) is 4.99 Å². The predicted octanol–water partition coefficient (Wildman–Crippen LogP) is 3.88. The lowest BCUT2D eigenvalue weighted by Crippen LogP contribution is -1.88. The van der Waals surface area contributed by atoms with Gasteiger partial charge in [0.05, 0.1) is 17.6 Å². The van der Waals surface area contributed by atoms with Crippen molar-refractivity contribution in [3.05, 3.63) is 73.2 Å². The molecule has 0 fully saturated rings. The Morgan fingerprint density at radius 2 is 1.71 bits per heavy atom. The van der Waals surface area contributed by atoms with Gasteiger partial charge in [-0.3, -0.25) is 9.97 Å². The number of pyridine rings is 2. The van der Waals surface area contributed by atoms with Gasteiger partial charge in [0, 0.05) is 18.0 Å². The third-order valence-corrected chi connectivity index (χ3v) is 2.86. The van der Waals surface area contributed by atoms with Gasteiger partial charge in [-0.2, -0.15) is 0 Å². The van der Waals surface area contributed by atoms with Crippen LogP contribution in [0.5, 0.6) is 5.75 Å². The highest BCUT2D eigenvalue weighted by Gasteiger charge is 1.98. The first kappa shape index (κ1) is 13.0. The molecule has 0 saturated heterocycles. The van der Waals surface area contributed by atoms with Gasteiger partial charge in [-0.15, -0.1) is 0 Å². The Morgan fingerprint density at radius 1 is 0.905 bits per heavy atom. The fraction of sp³-hybridized carbons (Fsp3) is 0. The molecule has 0 aliphatic rings. The zero-order valence-electron chi connectivity index (χ0n) is 11.3. The summed E-state index contributed by atoms with van der Waals surface area (Å²) in [4.78, 5) is 12.6. The molecular weight excluding hydrogens is 262 g/mol. The van der Waals surface area contributed by atoms with Gasteiger partial charge >= 0.3 is 0 Å². The van der Waals surface area contributed by atoms with Crippen molar-refractivity contribution >= 4 is 12.1 Å². The number of para-hydroxylation sites is 1. The molecule has 0 radical (unpaired) electrons. The molecule has 0 unspecified atom stereocenters. The van der Waals surface area contributed by atoms with Gasteiger partial charge in [-0.1, -0.05) is 18.2 Å². The molecule has 102 valence electrons. The van der Waals surface area contributed by atoms with Crippen molar-refractivity contribution in [2.75, 3.05) is 0 Å². The molecule has 3 rings (SSSR count). The third kappa shape index (κ3) is 3.51. The Kier molecular flexibility index (Phi) is 3.98. The van der Waals surface area contributed by atoms with Crippen molar-refractivity contribution in [1.82, 2.24) is 9.97 Å². The van der Waals surface area contributed by atoms with Crippen molar-refractivity contribution in [1.29, 1.82) is 0 Å². The first-order valence-electron chi connectivity index (χ1n) is 6.52. The van der Waals surface area contributed by atoms with E-state index >= 15 is 0 Å². The van der Waals surface area contributed by atoms with E-state index in [-0.39, 0.29) is 0 Å². The average Bonchev–Trinajstić information content (AvgIpc) is 2.57. The summed E-state index contributed by atoms with van der Waals surface area (Å²) in [6, 6.07) is 17.2. The highest BCUT2D eigenvalue weighted by atomic mass is 16.5. The number of rotatable bonds is 4. The first-order chi connectivity index (χ1) is 10.4. The molecular formula is C17H13N3O. The van der Waals surface area contributed by atoms with Crippen LogP contribution < -0.4 is 4.74 Å². The molecule has 0 aliphatic heterocycles. The summed E-state index contributed by atoms with van der Waals surface area (Å²) in [6.45, 7) is 0. The number of hydrogen-bond acceptors (Lipinski definition) is 4. The molecule has 0 amide bonds. The highest BCUT2D eigenvalue weighted by molar-refractivity contribution is 5.62. The van der Waals surface area contributed by atoms with Crippen LogP contribution in [0.4, 0.5) is 5.69 Å². The van der Waals surface area contributed by atoms with Gasteiger partial charge in [0.1, 0.15) is 5.75 Å². The maximum atomic E-state index is 5.40. The minimum absolute atomic E-state index is 0.740. The highest BCUT2D eigenvalue weighted by Crippen LogP contribution is 2.18. The molecule has 4 nitrogen and oxygen atoms in total. The van der Waals surface area contributed by atoms with Gasteiger partial charge in [0.15, 0.2) is 6.40 Å². The van der Waals surface area contributed by atoms with Crippen molar-refractivity contribution in [2.45, 2.75) is 0 Å². The lowest BCUT2D eigenvalue weighted by Gasteiger charge is -2.00. The number of ether oxygens (including phenoxy) is 1. The Hall–Kier alpha value is -3.01. The van der Waals surface area contributed by atoms with Crippen LogP contribution >= 0.6 is 0 Å². The molecule has 2 aromatic heterocycles. The summed E-state index contributed by atoms with van der Waals surface area (Å²) < 4.78 is 5.40. The maximum Gasteiger partial charge on any atom is 0.181 e. The topological polar surface area (TPSA) is 47.4 Å². The van der Waals surface area contributed by atoms with E-state index in [0.29, 0.717) is 0 Å². The van der Waals surface area contributed by atoms with Crippen LogP contribution in [0, 0.1) is 0 Å². The summed E-state index contributed by atoms with van der Waals surface area (Å²) in [5, 5.41) is 0. The Labute approximate surface area is 122 Å². The van der Waals surface area contributed by atoms with E-state index < -0.39 is 0 Å². The molecule has 3 aromatic rings. The van der Waals surface area contributed by atoms with Crippen LogP contribution in [0.1, 0.15) is 0 Å². The normalized spacial score (nSPS) is 10.7. The minimum Gasteiger partial charge on any atom is -0.446 e.